The van der Waals surface area contributed by atoms with Crippen molar-refractivity contribution in [1.82, 2.24) is 14.9 Å². The molecule has 0 bridgehead atoms. The molecule has 25 heavy (non-hydrogen) atoms. The fraction of sp³-hybridized carbons (Fsp3) is 0.474. The summed E-state index contributed by atoms with van der Waals surface area (Å²) in [5, 5.41) is 0. The van der Waals surface area contributed by atoms with Crippen LogP contribution in [0.25, 0.3) is 0 Å². The minimum atomic E-state index is -0.452. The molecular weight excluding hydrogens is 318 g/mol. The molecule has 0 radical (unpaired) electrons. The van der Waals surface area contributed by atoms with E-state index in [2.05, 4.69) is 39.1 Å². The summed E-state index contributed by atoms with van der Waals surface area (Å²) in [5.74, 6) is 0. The number of aromatic amines is 2. The lowest BCUT2D eigenvalue weighted by molar-refractivity contribution is -0.0357. The fourth-order valence-corrected chi connectivity index (χ4v) is 3.32. The summed E-state index contributed by atoms with van der Waals surface area (Å²) < 4.78 is 5.88. The van der Waals surface area contributed by atoms with E-state index in [4.69, 9.17) is 4.74 Å². The first-order valence-corrected chi connectivity index (χ1v) is 8.82. The number of morpholine rings is 1. The van der Waals surface area contributed by atoms with Crippen LogP contribution in [0.15, 0.2) is 39.9 Å². The smallest absolute Gasteiger partial charge is 0.325 e. The van der Waals surface area contributed by atoms with Crippen molar-refractivity contribution in [3.8, 4) is 0 Å². The van der Waals surface area contributed by atoms with Crippen molar-refractivity contribution in [2.75, 3.05) is 19.7 Å². The number of hydrogen-bond acceptors (Lipinski definition) is 4. The molecule has 3 rings (SSSR count). The Morgan fingerprint density at radius 1 is 1.20 bits per heavy atom. The molecule has 1 aliphatic heterocycles. The highest BCUT2D eigenvalue weighted by atomic mass is 16.5. The van der Waals surface area contributed by atoms with Crippen LogP contribution in [0.3, 0.4) is 0 Å². The van der Waals surface area contributed by atoms with Gasteiger partial charge in [0.1, 0.15) is 0 Å². The van der Waals surface area contributed by atoms with Crippen LogP contribution in [0.2, 0.25) is 0 Å². The van der Waals surface area contributed by atoms with Crippen molar-refractivity contribution < 1.29 is 4.74 Å². The third-order valence-electron chi connectivity index (χ3n) is 4.69. The summed E-state index contributed by atoms with van der Waals surface area (Å²) >= 11 is 0. The van der Waals surface area contributed by atoms with Gasteiger partial charge in [0.15, 0.2) is 0 Å². The summed E-state index contributed by atoms with van der Waals surface area (Å²) in [4.78, 5) is 30.5. The van der Waals surface area contributed by atoms with Crippen molar-refractivity contribution >= 4 is 0 Å². The molecule has 1 aromatic carbocycles. The average Bonchev–Trinajstić information content (AvgIpc) is 2.59. The van der Waals surface area contributed by atoms with Crippen LogP contribution in [0.4, 0.5) is 0 Å². The molecule has 2 N–H and O–H groups in total. The molecule has 2 aromatic rings. The van der Waals surface area contributed by atoms with E-state index < -0.39 is 5.69 Å². The minimum Gasteiger partial charge on any atom is -0.376 e. The predicted molar refractivity (Wildman–Crippen MR) is 96.8 cm³/mol. The average molecular weight is 343 g/mol. The fourth-order valence-electron chi connectivity index (χ4n) is 3.32. The zero-order valence-electron chi connectivity index (χ0n) is 14.6. The maximum atomic E-state index is 12.0. The molecule has 0 amide bonds. The lowest BCUT2D eigenvalue weighted by Crippen LogP contribution is -2.43. The second kappa shape index (κ2) is 8.27. The van der Waals surface area contributed by atoms with Crippen LogP contribution in [-0.4, -0.2) is 40.7 Å². The molecule has 134 valence electrons. The number of nitrogens with one attached hydrogen (secondary N) is 2. The number of H-pyrrole nitrogens is 2. The van der Waals surface area contributed by atoms with Crippen LogP contribution in [0.5, 0.6) is 0 Å². The van der Waals surface area contributed by atoms with Gasteiger partial charge in [0.05, 0.1) is 18.3 Å². The van der Waals surface area contributed by atoms with Gasteiger partial charge in [-0.05, 0) is 31.7 Å². The second-order valence-corrected chi connectivity index (χ2v) is 6.62. The normalized spacial score (nSPS) is 18.4. The third-order valence-corrected chi connectivity index (χ3v) is 4.69. The summed E-state index contributed by atoms with van der Waals surface area (Å²) in [5.41, 5.74) is 1.87. The number of aryl methyl sites for hydroxylation is 2. The van der Waals surface area contributed by atoms with E-state index in [1.165, 1.54) is 5.56 Å². The van der Waals surface area contributed by atoms with Gasteiger partial charge in [0.25, 0.3) is 5.56 Å². The van der Waals surface area contributed by atoms with Gasteiger partial charge in [-0.1, -0.05) is 30.3 Å². The van der Waals surface area contributed by atoms with Crippen molar-refractivity contribution in [1.29, 1.82) is 0 Å². The standard InChI is InChI=1S/C19H25N3O3/c1-14-17(18(23)21-19(24)20-14)13-22-10-11-25-16(12-22)9-5-8-15-6-3-2-4-7-15/h2-4,6-7,16H,5,8-13H2,1H3,(H2,20,21,23,24)/t16-/m1/s1. The summed E-state index contributed by atoms with van der Waals surface area (Å²) in [6, 6.07) is 10.5. The lowest BCUT2D eigenvalue weighted by atomic mass is 10.0. The van der Waals surface area contributed by atoms with Gasteiger partial charge in [-0.3, -0.25) is 14.7 Å². The molecule has 1 aliphatic rings. The molecule has 1 fully saturated rings. The number of benzene rings is 1. The molecule has 6 heteroatoms. The lowest BCUT2D eigenvalue weighted by Gasteiger charge is -2.33. The quantitative estimate of drug-likeness (QED) is 0.835. The first-order valence-electron chi connectivity index (χ1n) is 8.82. The van der Waals surface area contributed by atoms with Crippen LogP contribution in [-0.2, 0) is 17.7 Å². The van der Waals surface area contributed by atoms with E-state index in [1.807, 2.05) is 6.07 Å². The Morgan fingerprint density at radius 3 is 2.76 bits per heavy atom. The van der Waals surface area contributed by atoms with Crippen LogP contribution >= 0.6 is 0 Å². The Bertz CT molecular complexity index is 798. The highest BCUT2D eigenvalue weighted by molar-refractivity contribution is 5.15. The maximum Gasteiger partial charge on any atom is 0.325 e. The van der Waals surface area contributed by atoms with Crippen molar-refractivity contribution in [3.63, 3.8) is 0 Å². The predicted octanol–water partition coefficient (Wildman–Crippen LogP) is 1.60. The molecule has 2 heterocycles. The molecule has 0 aliphatic carbocycles. The van der Waals surface area contributed by atoms with Gasteiger partial charge in [-0.15, -0.1) is 0 Å². The minimum absolute atomic E-state index is 0.194. The number of nitrogens with zero attached hydrogens (tertiary/aromatic N) is 1. The first-order chi connectivity index (χ1) is 12.1. The summed E-state index contributed by atoms with van der Waals surface area (Å²) in [6.45, 7) is 4.59. The number of rotatable bonds is 6. The topological polar surface area (TPSA) is 78.2 Å². The zero-order valence-corrected chi connectivity index (χ0v) is 14.6. The molecular formula is C19H25N3O3. The monoisotopic (exact) mass is 343 g/mol. The highest BCUT2D eigenvalue weighted by Crippen LogP contribution is 2.15. The van der Waals surface area contributed by atoms with E-state index in [0.717, 1.165) is 32.4 Å². The molecule has 0 saturated carbocycles. The highest BCUT2D eigenvalue weighted by Gasteiger charge is 2.21. The summed E-state index contributed by atoms with van der Waals surface area (Å²) in [7, 11) is 0. The number of aromatic nitrogens is 2. The molecule has 1 atom stereocenters. The van der Waals surface area contributed by atoms with Crippen molar-refractivity contribution in [2.24, 2.45) is 0 Å². The molecule has 0 unspecified atom stereocenters. The molecule has 6 nitrogen and oxygen atoms in total. The zero-order chi connectivity index (χ0) is 17.6. The SMILES string of the molecule is Cc1[nH]c(=O)[nH]c(=O)c1CN1CCO[C@H](CCCc2ccccc2)C1. The van der Waals surface area contributed by atoms with E-state index in [1.54, 1.807) is 6.92 Å². The Hall–Kier alpha value is -2.18. The largest absolute Gasteiger partial charge is 0.376 e. The van der Waals surface area contributed by atoms with Gasteiger partial charge in [0.2, 0.25) is 0 Å². The molecule has 1 aromatic heterocycles. The van der Waals surface area contributed by atoms with Gasteiger partial charge < -0.3 is 9.72 Å². The molecule has 1 saturated heterocycles. The Labute approximate surface area is 146 Å². The van der Waals surface area contributed by atoms with E-state index in [-0.39, 0.29) is 11.7 Å². The van der Waals surface area contributed by atoms with Crippen molar-refractivity contribution in [3.05, 3.63) is 68.0 Å². The number of hydrogen-bond donors (Lipinski definition) is 2. The number of ether oxygens (including phenoxy) is 1. The summed E-state index contributed by atoms with van der Waals surface area (Å²) in [6.07, 6.45) is 3.34. The van der Waals surface area contributed by atoms with Crippen LogP contribution < -0.4 is 11.2 Å². The maximum absolute atomic E-state index is 12.0. The third kappa shape index (κ3) is 4.90. The van der Waals surface area contributed by atoms with Gasteiger partial charge in [0, 0.05) is 25.3 Å². The van der Waals surface area contributed by atoms with Crippen LogP contribution in [0.1, 0.15) is 29.7 Å². The van der Waals surface area contributed by atoms with Gasteiger partial charge in [-0.2, -0.15) is 0 Å². The van der Waals surface area contributed by atoms with Crippen LogP contribution in [0, 0.1) is 6.92 Å². The Kier molecular flexibility index (Phi) is 5.83. The first kappa shape index (κ1) is 17.6. The van der Waals surface area contributed by atoms with E-state index in [0.29, 0.717) is 24.4 Å². The Balaban J connectivity index is 1.53. The Morgan fingerprint density at radius 2 is 2.00 bits per heavy atom. The van der Waals surface area contributed by atoms with Gasteiger partial charge in [-0.25, -0.2) is 4.79 Å². The van der Waals surface area contributed by atoms with E-state index in [9.17, 15) is 9.59 Å². The molecule has 0 spiro atoms. The van der Waals surface area contributed by atoms with Crippen molar-refractivity contribution in [2.45, 2.75) is 38.8 Å². The second-order valence-electron chi connectivity index (χ2n) is 6.62. The van der Waals surface area contributed by atoms with Gasteiger partial charge >= 0.3 is 5.69 Å². The van der Waals surface area contributed by atoms with E-state index >= 15 is 0 Å².